The van der Waals surface area contributed by atoms with Crippen molar-refractivity contribution in [3.63, 3.8) is 0 Å². The molecule has 0 unspecified atom stereocenters. The Morgan fingerprint density at radius 2 is 2.18 bits per heavy atom. The van der Waals surface area contributed by atoms with Crippen molar-refractivity contribution in [1.82, 2.24) is 4.31 Å². The molecule has 0 radical (unpaired) electrons. The monoisotopic (exact) mass is 177 g/mol. The summed E-state index contributed by atoms with van der Waals surface area (Å²) in [4.78, 5) is 0. The van der Waals surface area contributed by atoms with Gasteiger partial charge in [0.2, 0.25) is 0 Å². The van der Waals surface area contributed by atoms with Gasteiger partial charge >= 0.3 is 10.3 Å². The van der Waals surface area contributed by atoms with Crippen molar-refractivity contribution < 1.29 is 12.6 Å². The molecule has 0 bridgehead atoms. The van der Waals surface area contributed by atoms with Crippen LogP contribution in [0.1, 0.15) is 19.3 Å². The molecule has 11 heavy (non-hydrogen) atoms. The van der Waals surface area contributed by atoms with Gasteiger partial charge < -0.3 is 0 Å². The van der Waals surface area contributed by atoms with Crippen molar-refractivity contribution in [2.75, 3.05) is 13.2 Å². The molecule has 0 saturated carbocycles. The van der Waals surface area contributed by atoms with E-state index in [0.29, 0.717) is 13.2 Å². The highest BCUT2D eigenvalue weighted by atomic mass is 32.2. The lowest BCUT2D eigenvalue weighted by atomic mass is 10.1. The van der Waals surface area contributed by atoms with E-state index in [1.54, 1.807) is 0 Å². The molecule has 5 heteroatoms. The van der Waals surface area contributed by atoms with Crippen molar-refractivity contribution in [3.05, 3.63) is 0 Å². The smallest absolute Gasteiger partial charge is 0.256 e. The maximum atomic E-state index is 11.1. The van der Waals surface area contributed by atoms with Gasteiger partial charge in [0.1, 0.15) is 0 Å². The van der Waals surface area contributed by atoms with Gasteiger partial charge in [0.25, 0.3) is 0 Å². The van der Waals surface area contributed by atoms with Crippen molar-refractivity contribution >= 4 is 10.3 Å². The molecule has 0 N–H and O–H groups in total. The van der Waals surface area contributed by atoms with Gasteiger partial charge in [-0.2, -0.15) is 12.7 Å². The first-order valence-electron chi connectivity index (χ1n) is 3.86. The first-order valence-corrected chi connectivity index (χ1v) is 5.23. The molecule has 0 aromatic carbocycles. The van der Waals surface area contributed by atoms with E-state index in [2.05, 4.69) is 4.18 Å². The summed E-state index contributed by atoms with van der Waals surface area (Å²) in [5, 5.41) is 0. The lowest BCUT2D eigenvalue weighted by molar-refractivity contribution is 0.257. The van der Waals surface area contributed by atoms with E-state index in [9.17, 15) is 8.42 Å². The normalized spacial score (nSPS) is 36.9. The second-order valence-electron chi connectivity index (χ2n) is 3.00. The Kier molecular flexibility index (Phi) is 1.66. The van der Waals surface area contributed by atoms with Crippen molar-refractivity contribution in [2.24, 2.45) is 0 Å². The molecule has 2 fully saturated rings. The molecular formula is C6H11NO3S. The highest BCUT2D eigenvalue weighted by Crippen LogP contribution is 2.26. The summed E-state index contributed by atoms with van der Waals surface area (Å²) in [7, 11) is -3.31. The van der Waals surface area contributed by atoms with Crippen LogP contribution in [0.5, 0.6) is 0 Å². The summed E-state index contributed by atoms with van der Waals surface area (Å²) in [6.45, 7) is 1.01. The quantitative estimate of drug-likeness (QED) is 0.528. The fraction of sp³-hybridized carbons (Fsp3) is 1.00. The van der Waals surface area contributed by atoms with Crippen LogP contribution in [-0.2, 0) is 14.5 Å². The summed E-state index contributed by atoms with van der Waals surface area (Å²) in [6, 6.07) is 0.133. The van der Waals surface area contributed by atoms with Gasteiger partial charge in [-0.05, 0) is 12.8 Å². The Balaban J connectivity index is 2.23. The third-order valence-corrected chi connectivity index (χ3v) is 3.76. The van der Waals surface area contributed by atoms with Gasteiger partial charge in [-0.25, -0.2) is 0 Å². The molecule has 4 nitrogen and oxygen atoms in total. The van der Waals surface area contributed by atoms with Gasteiger partial charge in [0.15, 0.2) is 0 Å². The number of fused-ring (bicyclic) bond motifs is 1. The fourth-order valence-electron chi connectivity index (χ4n) is 1.67. The first kappa shape index (κ1) is 7.52. The molecule has 0 aromatic heterocycles. The van der Waals surface area contributed by atoms with Crippen LogP contribution in [0.2, 0.25) is 0 Å². The maximum absolute atomic E-state index is 11.1. The highest BCUT2D eigenvalue weighted by molar-refractivity contribution is 7.84. The van der Waals surface area contributed by atoms with Gasteiger partial charge in [-0.3, -0.25) is 4.18 Å². The zero-order valence-corrected chi connectivity index (χ0v) is 7.01. The SMILES string of the molecule is O=S1(=O)OC[C@@H]2CCCCN21. The lowest BCUT2D eigenvalue weighted by Crippen LogP contribution is -2.37. The van der Waals surface area contributed by atoms with E-state index in [1.807, 2.05) is 0 Å². The van der Waals surface area contributed by atoms with Crippen LogP contribution in [0.15, 0.2) is 0 Å². The van der Waals surface area contributed by atoms with E-state index in [0.717, 1.165) is 19.3 Å². The van der Waals surface area contributed by atoms with E-state index < -0.39 is 10.3 Å². The third kappa shape index (κ3) is 1.17. The van der Waals surface area contributed by atoms with Crippen LogP contribution in [0, 0.1) is 0 Å². The molecule has 2 heterocycles. The standard InChI is InChI=1S/C6H11NO3S/c8-11(9)7-4-2-1-3-6(7)5-10-11/h6H,1-5H2/t6-/m0/s1. The van der Waals surface area contributed by atoms with Crippen molar-refractivity contribution in [2.45, 2.75) is 25.3 Å². The maximum Gasteiger partial charge on any atom is 0.338 e. The summed E-state index contributed by atoms with van der Waals surface area (Å²) in [5.74, 6) is 0. The molecule has 0 amide bonds. The minimum absolute atomic E-state index is 0.133. The minimum atomic E-state index is -3.31. The van der Waals surface area contributed by atoms with Gasteiger partial charge in [-0.15, -0.1) is 0 Å². The minimum Gasteiger partial charge on any atom is -0.256 e. The summed E-state index contributed by atoms with van der Waals surface area (Å²) in [6.07, 6.45) is 3.05. The third-order valence-electron chi connectivity index (χ3n) is 2.27. The molecule has 0 aromatic rings. The Morgan fingerprint density at radius 1 is 1.36 bits per heavy atom. The Hall–Kier alpha value is -0.130. The van der Waals surface area contributed by atoms with Gasteiger partial charge in [0, 0.05) is 6.54 Å². The predicted molar refractivity (Wildman–Crippen MR) is 39.2 cm³/mol. The molecule has 2 aliphatic heterocycles. The number of hydrogen-bond acceptors (Lipinski definition) is 3. The van der Waals surface area contributed by atoms with Crippen molar-refractivity contribution in [1.29, 1.82) is 0 Å². The molecule has 0 spiro atoms. The van der Waals surface area contributed by atoms with Crippen LogP contribution >= 0.6 is 0 Å². The van der Waals surface area contributed by atoms with Crippen LogP contribution in [0.4, 0.5) is 0 Å². The van der Waals surface area contributed by atoms with Crippen LogP contribution in [0.3, 0.4) is 0 Å². The van der Waals surface area contributed by atoms with Crippen LogP contribution < -0.4 is 0 Å². The van der Waals surface area contributed by atoms with E-state index in [1.165, 1.54) is 4.31 Å². The second-order valence-corrected chi connectivity index (χ2v) is 4.56. The first-order chi connectivity index (χ1) is 5.20. The Labute approximate surface area is 66.4 Å². The topological polar surface area (TPSA) is 46.6 Å². The van der Waals surface area contributed by atoms with Crippen LogP contribution in [0.25, 0.3) is 0 Å². The largest absolute Gasteiger partial charge is 0.338 e. The molecule has 2 aliphatic rings. The van der Waals surface area contributed by atoms with Crippen molar-refractivity contribution in [3.8, 4) is 0 Å². The zero-order chi connectivity index (χ0) is 7.90. The second kappa shape index (κ2) is 2.43. The molecular weight excluding hydrogens is 166 g/mol. The average molecular weight is 177 g/mol. The number of hydrogen-bond donors (Lipinski definition) is 0. The lowest BCUT2D eigenvalue weighted by Gasteiger charge is -2.24. The molecule has 2 saturated heterocycles. The van der Waals surface area contributed by atoms with Gasteiger partial charge in [0.05, 0.1) is 12.6 Å². The van der Waals surface area contributed by atoms with Crippen LogP contribution in [-0.4, -0.2) is 31.9 Å². The van der Waals surface area contributed by atoms with E-state index >= 15 is 0 Å². The summed E-state index contributed by atoms with van der Waals surface area (Å²) >= 11 is 0. The number of piperidine rings is 1. The van der Waals surface area contributed by atoms with Gasteiger partial charge in [-0.1, -0.05) is 6.42 Å². The summed E-state index contributed by atoms with van der Waals surface area (Å²) < 4.78 is 28.4. The Bertz CT molecular complexity index is 249. The number of rotatable bonds is 0. The van der Waals surface area contributed by atoms with E-state index in [-0.39, 0.29) is 6.04 Å². The molecule has 1 atom stereocenters. The van der Waals surface area contributed by atoms with E-state index in [4.69, 9.17) is 0 Å². The predicted octanol–water partition coefficient (Wildman–Crippen LogP) is 0.116. The zero-order valence-electron chi connectivity index (χ0n) is 6.19. The molecule has 2 rings (SSSR count). The Morgan fingerprint density at radius 3 is 2.91 bits per heavy atom. The average Bonchev–Trinajstić information content (AvgIpc) is 2.29. The highest BCUT2D eigenvalue weighted by Gasteiger charge is 2.39. The molecule has 64 valence electrons. The molecule has 0 aliphatic carbocycles. The fourth-order valence-corrected chi connectivity index (χ4v) is 3.02. The summed E-state index contributed by atoms with van der Waals surface area (Å²) in [5.41, 5.74) is 0. The number of nitrogens with zero attached hydrogens (tertiary/aromatic N) is 1.